The molecule has 6 nitrogen and oxygen atoms in total. The van der Waals surface area contributed by atoms with Crippen molar-refractivity contribution in [2.75, 3.05) is 33.1 Å². The van der Waals surface area contributed by atoms with E-state index in [4.69, 9.17) is 14.2 Å². The molecule has 0 bridgehead atoms. The summed E-state index contributed by atoms with van der Waals surface area (Å²) < 4.78 is 13.7. The van der Waals surface area contributed by atoms with Crippen LogP contribution in [0.15, 0.2) is 65.1 Å². The van der Waals surface area contributed by atoms with Crippen LogP contribution in [-0.2, 0) is 0 Å². The minimum atomic E-state index is -1.00. The Hall–Kier alpha value is -3.74. The zero-order chi connectivity index (χ0) is 22.1. The lowest BCUT2D eigenvalue weighted by Crippen LogP contribution is -2.21. The van der Waals surface area contributed by atoms with Crippen molar-refractivity contribution in [1.82, 2.24) is 4.58 Å². The van der Waals surface area contributed by atoms with Crippen molar-refractivity contribution in [3.8, 4) is 28.2 Å². The predicted molar refractivity (Wildman–Crippen MR) is 126 cm³/mol. The van der Waals surface area contributed by atoms with Crippen LogP contribution in [0.5, 0.6) is 5.75 Å². The minimum Gasteiger partial charge on any atom is -0.553 e. The highest BCUT2D eigenvalue weighted by Gasteiger charge is 2.18. The van der Waals surface area contributed by atoms with Crippen LogP contribution in [0.4, 0.5) is 10.5 Å². The molecule has 1 aliphatic carbocycles. The van der Waals surface area contributed by atoms with Gasteiger partial charge >= 0.3 is 7.48 Å². The topological polar surface area (TPSA) is 65.9 Å². The van der Waals surface area contributed by atoms with Gasteiger partial charge < -0.3 is 19.1 Å². The van der Waals surface area contributed by atoms with E-state index in [9.17, 15) is 4.79 Å². The van der Waals surface area contributed by atoms with Crippen molar-refractivity contribution < 1.29 is 19.0 Å². The van der Waals surface area contributed by atoms with Crippen LogP contribution in [-0.4, -0.2) is 46.6 Å². The smallest absolute Gasteiger partial charge is 0.467 e. The quantitative estimate of drug-likeness (QED) is 0.306. The summed E-state index contributed by atoms with van der Waals surface area (Å²) in [6.07, 6.45) is 0. The molecule has 0 radical (unpaired) electrons. The predicted octanol–water partition coefficient (Wildman–Crippen LogP) is 3.71. The lowest BCUT2D eigenvalue weighted by atomic mass is 9.93. The van der Waals surface area contributed by atoms with Crippen LogP contribution < -0.4 is 19.5 Å². The molecule has 156 valence electrons. The van der Waals surface area contributed by atoms with Crippen molar-refractivity contribution in [2.24, 2.45) is 0 Å². The molecule has 0 spiro atoms. The molecule has 0 saturated heterocycles. The average molecular weight is 415 g/mol. The van der Waals surface area contributed by atoms with Gasteiger partial charge in [-0.05, 0) is 35.9 Å². The van der Waals surface area contributed by atoms with Crippen molar-refractivity contribution in [3.63, 3.8) is 0 Å². The standard InChI is InChI=1S/C24H23BN2O4/c1-26(2)16-7-11-19-21(13-16)30-22-14-17(27(3)4)8-12-20(22)23(19)15-5-9-18(10-6-15)31-25-24(28)29/h5-14,25H,1-4H3/p+1. The summed E-state index contributed by atoms with van der Waals surface area (Å²) in [4.78, 5) is 12.8. The van der Waals surface area contributed by atoms with Crippen molar-refractivity contribution >= 4 is 30.0 Å². The van der Waals surface area contributed by atoms with E-state index in [0.717, 1.165) is 44.5 Å². The van der Waals surface area contributed by atoms with E-state index in [2.05, 4.69) is 24.3 Å². The molecule has 1 N–H and O–H groups in total. The number of hydrogen-bond donors (Lipinski definition) is 1. The van der Waals surface area contributed by atoms with Gasteiger partial charge in [0.2, 0.25) is 5.36 Å². The number of anilines is 1. The molecule has 4 rings (SSSR count). The third-order valence-electron chi connectivity index (χ3n) is 5.23. The number of nitrogens with zero attached hydrogens (tertiary/aromatic N) is 2. The largest absolute Gasteiger partial charge is 0.553 e. The normalized spacial score (nSPS) is 10.8. The van der Waals surface area contributed by atoms with Crippen molar-refractivity contribution in [3.05, 3.63) is 66.0 Å². The van der Waals surface area contributed by atoms with Crippen molar-refractivity contribution in [1.29, 1.82) is 0 Å². The number of hydrogen-bond acceptors (Lipinski definition) is 4. The summed E-state index contributed by atoms with van der Waals surface area (Å²) in [6.45, 7) is 0. The molecule has 2 aromatic rings. The maximum absolute atomic E-state index is 10.8. The van der Waals surface area contributed by atoms with E-state index in [1.807, 2.05) is 61.9 Å². The second kappa shape index (κ2) is 8.18. The molecule has 0 atom stereocenters. The zero-order valence-electron chi connectivity index (χ0n) is 18.0. The second-order valence-electron chi connectivity index (χ2n) is 7.83. The van der Waals surface area contributed by atoms with Crippen LogP contribution in [0.3, 0.4) is 0 Å². The molecule has 1 heterocycles. The number of benzene rings is 3. The molecule has 0 aromatic heterocycles. The Kier molecular flexibility index (Phi) is 5.42. The van der Waals surface area contributed by atoms with Gasteiger partial charge in [-0.3, -0.25) is 4.79 Å². The second-order valence-corrected chi connectivity index (χ2v) is 7.83. The van der Waals surface area contributed by atoms with E-state index < -0.39 is 5.87 Å². The minimum absolute atomic E-state index is 0.365. The van der Waals surface area contributed by atoms with Crippen LogP contribution in [0, 0.1) is 0 Å². The van der Waals surface area contributed by atoms with Crippen LogP contribution in [0.2, 0.25) is 0 Å². The van der Waals surface area contributed by atoms with Gasteiger partial charge in [-0.1, -0.05) is 12.1 Å². The lowest BCUT2D eigenvalue weighted by molar-refractivity contribution is 0.217. The fourth-order valence-corrected chi connectivity index (χ4v) is 3.60. The molecule has 31 heavy (non-hydrogen) atoms. The third kappa shape index (κ3) is 4.12. The van der Waals surface area contributed by atoms with E-state index in [1.165, 1.54) is 0 Å². The van der Waals surface area contributed by atoms with Gasteiger partial charge in [0.15, 0.2) is 0 Å². The van der Waals surface area contributed by atoms with Gasteiger partial charge in [0.1, 0.15) is 25.4 Å². The summed E-state index contributed by atoms with van der Waals surface area (Å²) in [7, 11) is 7.65. The van der Waals surface area contributed by atoms with E-state index in [0.29, 0.717) is 5.75 Å². The average Bonchev–Trinajstić information content (AvgIpc) is 2.75. The monoisotopic (exact) mass is 415 g/mol. The highest BCUT2D eigenvalue weighted by Crippen LogP contribution is 2.41. The van der Waals surface area contributed by atoms with Gasteiger partial charge in [0, 0.05) is 48.4 Å². The SMILES string of the molecule is CN(C)c1ccc2c(-c3ccc(OBC(=O)O)cc3)c3ccc(=[N+](C)C)cc-3oc2c1. The molecule has 0 unspecified atom stereocenters. The Bertz CT molecular complexity index is 1310. The Balaban J connectivity index is 1.95. The first-order chi connectivity index (χ1) is 14.8. The molecule has 1 aliphatic heterocycles. The number of carbonyl (C=O) groups is 1. The highest BCUT2D eigenvalue weighted by atomic mass is 16.5. The molecule has 0 saturated carbocycles. The highest BCUT2D eigenvalue weighted by molar-refractivity contribution is 6.66. The summed E-state index contributed by atoms with van der Waals surface area (Å²) in [5, 5.41) is 10.9. The van der Waals surface area contributed by atoms with Gasteiger partial charge in [-0.25, -0.2) is 4.58 Å². The first-order valence-electron chi connectivity index (χ1n) is 9.97. The van der Waals surface area contributed by atoms with Gasteiger partial charge in [-0.2, -0.15) is 0 Å². The third-order valence-corrected chi connectivity index (χ3v) is 5.23. The maximum atomic E-state index is 10.8. The molecule has 0 amide bonds. The molecular formula is C24H24BN2O4+. The molecular weight excluding hydrogens is 391 g/mol. The fraction of sp³-hybridized carbons (Fsp3) is 0.167. The summed E-state index contributed by atoms with van der Waals surface area (Å²) in [6, 6.07) is 19.9. The first-order valence-corrected chi connectivity index (χ1v) is 9.97. The first kappa shape index (κ1) is 20.5. The summed E-state index contributed by atoms with van der Waals surface area (Å²) in [5.41, 5.74) is 4.94. The Labute approximate surface area is 181 Å². The number of carboxylic acid groups (broad SMARTS) is 1. The Morgan fingerprint density at radius 2 is 1.77 bits per heavy atom. The van der Waals surface area contributed by atoms with Crippen LogP contribution in [0.25, 0.3) is 33.4 Å². The Morgan fingerprint density at radius 3 is 2.42 bits per heavy atom. The molecule has 0 fully saturated rings. The summed E-state index contributed by atoms with van der Waals surface area (Å²) >= 11 is 0. The molecule has 2 aromatic carbocycles. The zero-order valence-corrected chi connectivity index (χ0v) is 18.0. The molecule has 2 aliphatic rings. The summed E-state index contributed by atoms with van der Waals surface area (Å²) in [5.74, 6) is 0.320. The van der Waals surface area contributed by atoms with Crippen molar-refractivity contribution in [2.45, 2.75) is 0 Å². The fourth-order valence-electron chi connectivity index (χ4n) is 3.60. The van der Waals surface area contributed by atoms with Gasteiger partial charge in [0.05, 0.1) is 11.8 Å². The lowest BCUT2D eigenvalue weighted by Gasteiger charge is -2.18. The van der Waals surface area contributed by atoms with E-state index in [1.54, 1.807) is 12.1 Å². The Morgan fingerprint density at radius 1 is 1.03 bits per heavy atom. The van der Waals surface area contributed by atoms with Crippen LogP contribution >= 0.6 is 0 Å². The van der Waals surface area contributed by atoms with Gasteiger partial charge in [-0.15, -0.1) is 0 Å². The van der Waals surface area contributed by atoms with E-state index >= 15 is 0 Å². The maximum Gasteiger partial charge on any atom is 0.467 e. The number of fused-ring (bicyclic) bond motifs is 2. The van der Waals surface area contributed by atoms with Crippen LogP contribution in [0.1, 0.15) is 0 Å². The van der Waals surface area contributed by atoms with E-state index in [-0.39, 0.29) is 7.48 Å². The number of rotatable bonds is 5. The molecule has 7 heteroatoms. The van der Waals surface area contributed by atoms with Gasteiger partial charge in [0.25, 0.3) is 5.87 Å².